The molecule has 1 aromatic carbocycles. The predicted octanol–water partition coefficient (Wildman–Crippen LogP) is 3.46. The van der Waals surface area contributed by atoms with Gasteiger partial charge < -0.3 is 15.0 Å². The van der Waals surface area contributed by atoms with E-state index in [-0.39, 0.29) is 29.5 Å². The zero-order valence-electron chi connectivity index (χ0n) is 19.2. The molecule has 1 atom stereocenters. The number of benzene rings is 1. The maximum Gasteiger partial charge on any atom is 0.341 e. The van der Waals surface area contributed by atoms with Gasteiger partial charge in [-0.1, -0.05) is 17.7 Å². The number of piperidine rings is 1. The van der Waals surface area contributed by atoms with Gasteiger partial charge in [-0.3, -0.25) is 4.79 Å². The minimum Gasteiger partial charge on any atom is -0.462 e. The van der Waals surface area contributed by atoms with E-state index in [0.29, 0.717) is 30.8 Å². The molecule has 1 saturated heterocycles. The van der Waals surface area contributed by atoms with Crippen molar-refractivity contribution < 1.29 is 22.7 Å². The average Bonchev–Trinajstić information content (AvgIpc) is 3.04. The summed E-state index contributed by atoms with van der Waals surface area (Å²) in [7, 11) is -4.00. The van der Waals surface area contributed by atoms with Crippen molar-refractivity contribution in [1.29, 1.82) is 0 Å². The number of nitrogens with zero attached hydrogens (tertiary/aromatic N) is 1. The Kier molecular flexibility index (Phi) is 7.09. The van der Waals surface area contributed by atoms with Crippen LogP contribution in [0.4, 0.5) is 5.69 Å². The van der Waals surface area contributed by atoms with Crippen LogP contribution in [-0.4, -0.2) is 49.3 Å². The molecule has 1 aliphatic heterocycles. The third kappa shape index (κ3) is 4.73. The van der Waals surface area contributed by atoms with Crippen molar-refractivity contribution in [3.05, 3.63) is 46.3 Å². The third-order valence-electron chi connectivity index (χ3n) is 5.79. The van der Waals surface area contributed by atoms with Gasteiger partial charge in [-0.25, -0.2) is 13.2 Å². The van der Waals surface area contributed by atoms with Crippen molar-refractivity contribution in [3.63, 3.8) is 0 Å². The fraction of sp³-hybridized carbons (Fsp3) is 0.478. The van der Waals surface area contributed by atoms with E-state index in [0.717, 1.165) is 16.8 Å². The molecule has 3 rings (SSSR count). The smallest absolute Gasteiger partial charge is 0.341 e. The number of aromatic nitrogens is 1. The van der Waals surface area contributed by atoms with E-state index in [1.165, 1.54) is 4.31 Å². The number of carbonyl (C=O) groups excluding carboxylic acids is 2. The fourth-order valence-electron chi connectivity index (χ4n) is 4.22. The first-order valence-corrected chi connectivity index (χ1v) is 12.2. The first kappa shape index (κ1) is 24.0. The lowest BCUT2D eigenvalue weighted by Gasteiger charge is -2.31. The van der Waals surface area contributed by atoms with Crippen molar-refractivity contribution in [2.24, 2.45) is 5.92 Å². The van der Waals surface area contributed by atoms with Crippen LogP contribution in [-0.2, 0) is 19.6 Å². The Morgan fingerprint density at radius 2 is 1.91 bits per heavy atom. The number of esters is 1. The first-order chi connectivity index (χ1) is 15.1. The van der Waals surface area contributed by atoms with Crippen molar-refractivity contribution in [2.75, 3.05) is 25.0 Å². The molecule has 9 heteroatoms. The molecule has 2 heterocycles. The molecule has 0 spiro atoms. The summed E-state index contributed by atoms with van der Waals surface area (Å²) in [6.07, 6.45) is 1.15. The predicted molar refractivity (Wildman–Crippen MR) is 122 cm³/mol. The van der Waals surface area contributed by atoms with Gasteiger partial charge in [0.15, 0.2) is 0 Å². The van der Waals surface area contributed by atoms with Crippen LogP contribution >= 0.6 is 0 Å². The Labute approximate surface area is 189 Å². The number of aryl methyl sites for hydroxylation is 4. The monoisotopic (exact) mass is 461 g/mol. The largest absolute Gasteiger partial charge is 0.462 e. The fourth-order valence-corrected chi connectivity index (χ4v) is 6.16. The summed E-state index contributed by atoms with van der Waals surface area (Å²) in [5.74, 6) is -1.36. The van der Waals surface area contributed by atoms with Crippen molar-refractivity contribution in [1.82, 2.24) is 9.29 Å². The summed E-state index contributed by atoms with van der Waals surface area (Å²) >= 11 is 0. The number of ether oxygens (including phenoxy) is 1. The van der Waals surface area contributed by atoms with Gasteiger partial charge in [-0.15, -0.1) is 0 Å². The Hall–Kier alpha value is -2.65. The lowest BCUT2D eigenvalue weighted by molar-refractivity contribution is -0.120. The van der Waals surface area contributed by atoms with Crippen LogP contribution in [0, 0.1) is 33.6 Å². The minimum absolute atomic E-state index is 0.0335. The minimum atomic E-state index is -4.00. The normalized spacial score (nSPS) is 17.2. The van der Waals surface area contributed by atoms with Crippen LogP contribution in [0.15, 0.2) is 23.1 Å². The van der Waals surface area contributed by atoms with Gasteiger partial charge in [0.1, 0.15) is 10.5 Å². The lowest BCUT2D eigenvalue weighted by Crippen LogP contribution is -2.44. The molecule has 2 aromatic rings. The number of anilines is 1. The second-order valence-electron chi connectivity index (χ2n) is 8.31. The van der Waals surface area contributed by atoms with Gasteiger partial charge in [0, 0.05) is 30.2 Å². The summed E-state index contributed by atoms with van der Waals surface area (Å²) in [5.41, 5.74) is 3.64. The molecule has 1 amide bonds. The number of hydrogen-bond acceptors (Lipinski definition) is 5. The highest BCUT2D eigenvalue weighted by Gasteiger charge is 2.38. The van der Waals surface area contributed by atoms with Gasteiger partial charge in [0.25, 0.3) is 0 Å². The molecule has 8 nitrogen and oxygen atoms in total. The zero-order valence-corrected chi connectivity index (χ0v) is 20.1. The summed E-state index contributed by atoms with van der Waals surface area (Å²) in [6, 6.07) is 5.77. The summed E-state index contributed by atoms with van der Waals surface area (Å²) in [4.78, 5) is 28.3. The molecule has 174 valence electrons. The SMILES string of the molecule is CCOC(=O)c1c(C)[nH]c(C)c1S(=O)(=O)N1CCC[C@@H](C(=O)Nc2ccc(C)cc2C)C1. The molecule has 0 bridgehead atoms. The van der Waals surface area contributed by atoms with E-state index in [2.05, 4.69) is 10.3 Å². The Morgan fingerprint density at radius 3 is 2.56 bits per heavy atom. The molecule has 1 aromatic heterocycles. The van der Waals surface area contributed by atoms with Gasteiger partial charge in [-0.2, -0.15) is 4.31 Å². The second kappa shape index (κ2) is 9.46. The second-order valence-corrected chi connectivity index (χ2v) is 10.2. The van der Waals surface area contributed by atoms with E-state index >= 15 is 0 Å². The molecule has 2 N–H and O–H groups in total. The van der Waals surface area contributed by atoms with Gasteiger partial charge in [-0.05, 0) is 59.1 Å². The van der Waals surface area contributed by atoms with Crippen molar-refractivity contribution >= 4 is 27.6 Å². The Bertz CT molecular complexity index is 1140. The highest BCUT2D eigenvalue weighted by Crippen LogP contribution is 2.31. The molecule has 0 aliphatic carbocycles. The third-order valence-corrected chi connectivity index (χ3v) is 7.83. The molecule has 0 radical (unpaired) electrons. The van der Waals surface area contributed by atoms with E-state index in [1.54, 1.807) is 20.8 Å². The highest BCUT2D eigenvalue weighted by atomic mass is 32.2. The highest BCUT2D eigenvalue weighted by molar-refractivity contribution is 7.89. The van der Waals surface area contributed by atoms with Crippen LogP contribution < -0.4 is 5.32 Å². The average molecular weight is 462 g/mol. The molecule has 1 fully saturated rings. The van der Waals surface area contributed by atoms with Crippen molar-refractivity contribution in [2.45, 2.75) is 52.4 Å². The van der Waals surface area contributed by atoms with E-state index in [9.17, 15) is 18.0 Å². The molecule has 0 saturated carbocycles. The number of carbonyl (C=O) groups is 2. The topological polar surface area (TPSA) is 109 Å². The van der Waals surface area contributed by atoms with Crippen LogP contribution in [0.5, 0.6) is 0 Å². The number of H-pyrrole nitrogens is 1. The summed E-state index contributed by atoms with van der Waals surface area (Å²) in [6.45, 7) is 9.35. The lowest BCUT2D eigenvalue weighted by atomic mass is 9.98. The van der Waals surface area contributed by atoms with Crippen LogP contribution in [0.25, 0.3) is 0 Å². The summed E-state index contributed by atoms with van der Waals surface area (Å²) < 4.78 is 33.5. The van der Waals surface area contributed by atoms with Gasteiger partial charge in [0.05, 0.1) is 12.5 Å². The molecule has 0 unspecified atom stereocenters. The van der Waals surface area contributed by atoms with Gasteiger partial charge in [0.2, 0.25) is 15.9 Å². The number of hydrogen-bond donors (Lipinski definition) is 2. The number of rotatable bonds is 6. The maximum absolute atomic E-state index is 13.5. The quantitative estimate of drug-likeness (QED) is 0.641. The van der Waals surface area contributed by atoms with E-state index in [1.807, 2.05) is 32.0 Å². The maximum atomic E-state index is 13.5. The van der Waals surface area contributed by atoms with Crippen LogP contribution in [0.3, 0.4) is 0 Å². The molecular weight excluding hydrogens is 430 g/mol. The van der Waals surface area contributed by atoms with Crippen LogP contribution in [0.1, 0.15) is 52.6 Å². The van der Waals surface area contributed by atoms with E-state index < -0.39 is 21.9 Å². The van der Waals surface area contributed by atoms with Crippen LogP contribution in [0.2, 0.25) is 0 Å². The number of nitrogens with one attached hydrogen (secondary N) is 2. The molecular formula is C23H31N3O5S. The first-order valence-electron chi connectivity index (χ1n) is 10.8. The van der Waals surface area contributed by atoms with E-state index in [4.69, 9.17) is 4.74 Å². The Balaban J connectivity index is 1.84. The Morgan fingerprint density at radius 1 is 1.19 bits per heavy atom. The zero-order chi connectivity index (χ0) is 23.6. The van der Waals surface area contributed by atoms with Crippen molar-refractivity contribution in [3.8, 4) is 0 Å². The molecule has 1 aliphatic rings. The molecule has 32 heavy (non-hydrogen) atoms. The number of amides is 1. The number of sulfonamides is 1. The van der Waals surface area contributed by atoms with Gasteiger partial charge >= 0.3 is 5.97 Å². The summed E-state index contributed by atoms with van der Waals surface area (Å²) in [5, 5.41) is 2.94. The number of aromatic amines is 1. The standard InChI is InChI=1S/C23H31N3O5S/c1-6-31-23(28)20-16(4)24-17(5)21(20)32(29,30)26-11-7-8-18(13-26)22(27)25-19-10-9-14(2)12-15(19)3/h9-10,12,18,24H,6-8,11,13H2,1-5H3,(H,25,27)/t18-/m1/s1.